The van der Waals surface area contributed by atoms with Crippen LogP contribution in [-0.2, 0) is 0 Å². The van der Waals surface area contributed by atoms with Gasteiger partial charge in [-0.15, -0.1) is 5.10 Å². The van der Waals surface area contributed by atoms with Crippen molar-refractivity contribution in [2.24, 2.45) is 5.92 Å². The number of hydrogen-bond donors (Lipinski definition) is 1. The molecule has 0 radical (unpaired) electrons. The summed E-state index contributed by atoms with van der Waals surface area (Å²) in [5.41, 5.74) is 5.30. The van der Waals surface area contributed by atoms with Gasteiger partial charge in [-0.1, -0.05) is 12.0 Å². The van der Waals surface area contributed by atoms with Crippen LogP contribution in [0.3, 0.4) is 0 Å². The summed E-state index contributed by atoms with van der Waals surface area (Å²) in [7, 11) is 0. The molecule has 4 nitrogen and oxygen atoms in total. The molecule has 4 heteroatoms. The molecule has 1 unspecified atom stereocenters. The molecule has 2 rings (SSSR count). The molecule has 1 aliphatic rings. The maximum Gasteiger partial charge on any atom is 0.312 e. The van der Waals surface area contributed by atoms with Crippen molar-refractivity contribution >= 4 is 6.01 Å². The lowest BCUT2D eigenvalue weighted by Crippen LogP contribution is -1.95. The quantitative estimate of drug-likeness (QED) is 0.692. The van der Waals surface area contributed by atoms with Crippen molar-refractivity contribution in [3.63, 3.8) is 0 Å². The van der Waals surface area contributed by atoms with Gasteiger partial charge in [0.2, 0.25) is 5.89 Å². The number of nitrogens with two attached hydrogens (primary N) is 1. The van der Waals surface area contributed by atoms with E-state index >= 15 is 0 Å². The highest BCUT2D eigenvalue weighted by molar-refractivity contribution is 5.08. The number of anilines is 1. The van der Waals surface area contributed by atoms with Crippen LogP contribution in [0, 0.1) is 5.92 Å². The molecule has 1 aromatic rings. The molecular weight excluding hydrogens is 142 g/mol. The number of rotatable bonds is 2. The van der Waals surface area contributed by atoms with Gasteiger partial charge in [0.25, 0.3) is 0 Å². The first-order valence-electron chi connectivity index (χ1n) is 3.86. The minimum Gasteiger partial charge on any atom is -0.408 e. The molecule has 0 spiro atoms. The zero-order valence-corrected chi connectivity index (χ0v) is 6.45. The van der Waals surface area contributed by atoms with E-state index in [2.05, 4.69) is 17.1 Å². The Morgan fingerprint density at radius 1 is 1.55 bits per heavy atom. The second-order valence-corrected chi connectivity index (χ2v) is 3.10. The van der Waals surface area contributed by atoms with E-state index in [1.807, 2.05) is 0 Å². The molecule has 0 saturated heterocycles. The monoisotopic (exact) mass is 153 g/mol. The SMILES string of the molecule is CC(c1nnc(N)o1)C1CC1. The summed E-state index contributed by atoms with van der Waals surface area (Å²) in [4.78, 5) is 0. The van der Waals surface area contributed by atoms with Crippen LogP contribution in [0.2, 0.25) is 0 Å². The van der Waals surface area contributed by atoms with Gasteiger partial charge in [0.15, 0.2) is 0 Å². The van der Waals surface area contributed by atoms with E-state index in [4.69, 9.17) is 10.2 Å². The number of hydrogen-bond acceptors (Lipinski definition) is 4. The molecule has 0 aliphatic heterocycles. The lowest BCUT2D eigenvalue weighted by Gasteiger charge is -2.00. The van der Waals surface area contributed by atoms with Crippen LogP contribution in [0.25, 0.3) is 0 Å². The van der Waals surface area contributed by atoms with Gasteiger partial charge in [-0.05, 0) is 18.8 Å². The third-order valence-corrected chi connectivity index (χ3v) is 2.17. The van der Waals surface area contributed by atoms with Crippen molar-refractivity contribution in [3.8, 4) is 0 Å². The van der Waals surface area contributed by atoms with Crippen molar-refractivity contribution < 1.29 is 4.42 Å². The minimum absolute atomic E-state index is 0.174. The second kappa shape index (κ2) is 2.22. The van der Waals surface area contributed by atoms with Crippen molar-refractivity contribution in [2.75, 3.05) is 5.73 Å². The maximum atomic E-state index is 5.30. The van der Waals surface area contributed by atoms with Crippen molar-refractivity contribution in [1.82, 2.24) is 10.2 Å². The Morgan fingerprint density at radius 2 is 2.27 bits per heavy atom. The summed E-state index contributed by atoms with van der Waals surface area (Å²) in [5.74, 6) is 1.82. The average Bonchev–Trinajstić information content (AvgIpc) is 2.74. The van der Waals surface area contributed by atoms with Gasteiger partial charge in [-0.25, -0.2) is 0 Å². The highest BCUT2D eigenvalue weighted by Gasteiger charge is 2.32. The fraction of sp³-hybridized carbons (Fsp3) is 0.714. The van der Waals surface area contributed by atoms with Gasteiger partial charge < -0.3 is 10.2 Å². The molecule has 2 N–H and O–H groups in total. The largest absolute Gasteiger partial charge is 0.408 e. The Balaban J connectivity index is 2.14. The predicted octanol–water partition coefficient (Wildman–Crippen LogP) is 1.17. The van der Waals surface area contributed by atoms with Gasteiger partial charge in [0.1, 0.15) is 0 Å². The zero-order valence-electron chi connectivity index (χ0n) is 6.45. The Labute approximate surface area is 64.8 Å². The van der Waals surface area contributed by atoms with Gasteiger partial charge in [0, 0.05) is 5.92 Å². The van der Waals surface area contributed by atoms with Gasteiger partial charge in [-0.2, -0.15) is 0 Å². The van der Waals surface area contributed by atoms with Crippen LogP contribution in [0.1, 0.15) is 31.6 Å². The van der Waals surface area contributed by atoms with Crippen LogP contribution in [-0.4, -0.2) is 10.2 Å². The first-order valence-corrected chi connectivity index (χ1v) is 3.86. The standard InChI is InChI=1S/C7H11N3O/c1-4(5-2-3-5)6-9-10-7(8)11-6/h4-5H,2-3H2,1H3,(H2,8,10). The molecule has 1 aromatic heterocycles. The van der Waals surface area contributed by atoms with E-state index in [1.165, 1.54) is 12.8 Å². The Morgan fingerprint density at radius 3 is 2.73 bits per heavy atom. The van der Waals surface area contributed by atoms with E-state index in [9.17, 15) is 0 Å². The highest BCUT2D eigenvalue weighted by atomic mass is 16.4. The van der Waals surface area contributed by atoms with Crippen LogP contribution in [0.4, 0.5) is 6.01 Å². The van der Waals surface area contributed by atoms with E-state index in [-0.39, 0.29) is 6.01 Å². The molecule has 0 aromatic carbocycles. The third-order valence-electron chi connectivity index (χ3n) is 2.17. The highest BCUT2D eigenvalue weighted by Crippen LogP contribution is 2.41. The normalized spacial score (nSPS) is 20.1. The molecular formula is C7H11N3O. The number of aromatic nitrogens is 2. The van der Waals surface area contributed by atoms with Crippen molar-refractivity contribution in [2.45, 2.75) is 25.7 Å². The van der Waals surface area contributed by atoms with Gasteiger partial charge in [-0.3, -0.25) is 0 Å². The summed E-state index contributed by atoms with van der Waals surface area (Å²) in [6.45, 7) is 2.10. The molecule has 1 fully saturated rings. The summed E-state index contributed by atoms with van der Waals surface area (Å²) in [5, 5.41) is 7.44. The Bertz CT molecular complexity index is 254. The minimum atomic E-state index is 0.174. The third kappa shape index (κ3) is 1.20. The van der Waals surface area contributed by atoms with E-state index in [1.54, 1.807) is 0 Å². The summed E-state index contributed by atoms with van der Waals surface area (Å²) < 4.78 is 5.10. The fourth-order valence-corrected chi connectivity index (χ4v) is 1.23. The predicted molar refractivity (Wildman–Crippen MR) is 39.8 cm³/mol. The van der Waals surface area contributed by atoms with Gasteiger partial charge >= 0.3 is 6.01 Å². The molecule has 0 bridgehead atoms. The summed E-state index contributed by atoms with van der Waals surface area (Å²) in [6.07, 6.45) is 2.56. The van der Waals surface area contributed by atoms with E-state index in [0.29, 0.717) is 11.8 Å². The first kappa shape index (κ1) is 6.64. The average molecular weight is 153 g/mol. The summed E-state index contributed by atoms with van der Waals surface area (Å²) in [6, 6.07) is 0.174. The smallest absolute Gasteiger partial charge is 0.312 e. The van der Waals surface area contributed by atoms with Crippen LogP contribution in [0.15, 0.2) is 4.42 Å². The molecule has 11 heavy (non-hydrogen) atoms. The van der Waals surface area contributed by atoms with Gasteiger partial charge in [0.05, 0.1) is 0 Å². The summed E-state index contributed by atoms with van der Waals surface area (Å²) >= 11 is 0. The molecule has 60 valence electrons. The van der Waals surface area contributed by atoms with Crippen molar-refractivity contribution in [3.05, 3.63) is 5.89 Å². The zero-order chi connectivity index (χ0) is 7.84. The lowest BCUT2D eigenvalue weighted by atomic mass is 10.1. The Kier molecular flexibility index (Phi) is 1.34. The van der Waals surface area contributed by atoms with Crippen LogP contribution < -0.4 is 5.73 Å². The maximum absolute atomic E-state index is 5.30. The first-order chi connectivity index (χ1) is 5.27. The molecule has 1 aliphatic carbocycles. The molecule has 0 amide bonds. The van der Waals surface area contributed by atoms with Crippen LogP contribution in [0.5, 0.6) is 0 Å². The fourth-order valence-electron chi connectivity index (χ4n) is 1.23. The van der Waals surface area contributed by atoms with E-state index < -0.39 is 0 Å². The molecule has 1 heterocycles. The second-order valence-electron chi connectivity index (χ2n) is 3.10. The Hall–Kier alpha value is -1.06. The molecule has 1 atom stereocenters. The van der Waals surface area contributed by atoms with E-state index in [0.717, 1.165) is 5.92 Å². The number of nitrogens with zero attached hydrogens (tertiary/aromatic N) is 2. The molecule has 1 saturated carbocycles. The van der Waals surface area contributed by atoms with Crippen LogP contribution >= 0.6 is 0 Å². The topological polar surface area (TPSA) is 64.9 Å². The lowest BCUT2D eigenvalue weighted by molar-refractivity contribution is 0.448. The number of nitrogen functional groups attached to an aromatic ring is 1. The van der Waals surface area contributed by atoms with Crippen molar-refractivity contribution in [1.29, 1.82) is 0 Å².